The number of hydrogen-bond donors (Lipinski definition) is 1. The molecule has 0 unspecified atom stereocenters. The second-order valence-electron chi connectivity index (χ2n) is 8.91. The van der Waals surface area contributed by atoms with Crippen LogP contribution in [0.2, 0.25) is 0 Å². The number of aromatic nitrogens is 3. The number of pyridine rings is 1. The lowest BCUT2D eigenvalue weighted by atomic mass is 9.98. The molecule has 0 atom stereocenters. The zero-order valence-corrected chi connectivity index (χ0v) is 20.0. The fraction of sp³-hybridized carbons (Fsp3) is 0.280. The molecule has 1 aliphatic carbocycles. The molecule has 2 aromatic carbocycles. The average molecular weight is 481 g/mol. The van der Waals surface area contributed by atoms with Crippen LogP contribution in [0.4, 0.5) is 10.1 Å². The predicted octanol–water partition coefficient (Wildman–Crippen LogP) is 3.76. The number of nitrogens with one attached hydrogen (secondary N) is 1. The molecule has 1 N–H and O–H groups in total. The quantitative estimate of drug-likeness (QED) is 0.471. The molecule has 0 amide bonds. The smallest absolute Gasteiger partial charge is 0.253 e. The van der Waals surface area contributed by atoms with Crippen LogP contribution in [0.15, 0.2) is 47.4 Å². The van der Waals surface area contributed by atoms with Crippen LogP contribution in [0.1, 0.15) is 28.9 Å². The number of halogens is 1. The first kappa shape index (κ1) is 22.3. The fourth-order valence-electron chi connectivity index (χ4n) is 4.81. The van der Waals surface area contributed by atoms with Gasteiger partial charge in [0, 0.05) is 30.9 Å². The first-order chi connectivity index (χ1) is 16.1. The number of aryl methyl sites for hydroxylation is 2. The van der Waals surface area contributed by atoms with Crippen LogP contribution >= 0.6 is 0 Å². The largest absolute Gasteiger partial charge is 0.324 e. The molecule has 9 heteroatoms. The van der Waals surface area contributed by atoms with E-state index >= 15 is 0 Å². The summed E-state index contributed by atoms with van der Waals surface area (Å²) in [5.41, 5.74) is 6.17. The summed E-state index contributed by atoms with van der Waals surface area (Å²) in [5.74, 6) is 0.403. The van der Waals surface area contributed by atoms with Crippen LogP contribution in [0.3, 0.4) is 0 Å². The Hall–Kier alpha value is -3.46. The number of fused-ring (bicyclic) bond motifs is 2. The van der Waals surface area contributed by atoms with Crippen LogP contribution in [0, 0.1) is 12.7 Å². The number of rotatable bonds is 5. The van der Waals surface area contributed by atoms with Crippen LogP contribution in [0.5, 0.6) is 0 Å². The van der Waals surface area contributed by atoms with Crippen molar-refractivity contribution < 1.29 is 12.8 Å². The summed E-state index contributed by atoms with van der Waals surface area (Å²) in [6.07, 6.45) is 5.40. The standard InChI is InChI=1S/C25H25FN4O3S/c1-15-27-24-22(28-34(3,32)33)11-17(21-14-29(2)25(31)20-6-4-5-19(20)21)12-23(24)30(15)13-16-7-9-18(26)10-8-16/h7-12,14,28H,4-6,13H2,1-3H3. The van der Waals surface area contributed by atoms with Gasteiger partial charge in [-0.15, -0.1) is 0 Å². The maximum atomic E-state index is 13.4. The molecule has 4 aromatic rings. The first-order valence-corrected chi connectivity index (χ1v) is 12.9. The number of anilines is 1. The van der Waals surface area contributed by atoms with Crippen LogP contribution in [-0.2, 0) is 36.5 Å². The molecule has 2 aromatic heterocycles. The molecule has 0 saturated heterocycles. The van der Waals surface area contributed by atoms with Gasteiger partial charge in [-0.3, -0.25) is 9.52 Å². The molecule has 0 spiro atoms. The van der Waals surface area contributed by atoms with Gasteiger partial charge in [-0.05, 0) is 67.1 Å². The minimum atomic E-state index is -3.56. The normalized spacial score (nSPS) is 13.4. The summed E-state index contributed by atoms with van der Waals surface area (Å²) >= 11 is 0. The van der Waals surface area contributed by atoms with Crippen molar-refractivity contribution in [2.45, 2.75) is 32.7 Å². The Balaban J connectivity index is 1.75. The summed E-state index contributed by atoms with van der Waals surface area (Å²) in [4.78, 5) is 17.3. The third kappa shape index (κ3) is 4.00. The number of nitrogens with zero attached hydrogens (tertiary/aromatic N) is 3. The van der Waals surface area contributed by atoms with E-state index in [2.05, 4.69) is 9.71 Å². The summed E-state index contributed by atoms with van der Waals surface area (Å²) in [5, 5.41) is 0. The van der Waals surface area contributed by atoms with Crippen LogP contribution in [0.25, 0.3) is 22.2 Å². The first-order valence-electron chi connectivity index (χ1n) is 11.1. The van der Waals surface area contributed by atoms with E-state index in [1.807, 2.05) is 23.8 Å². The Bertz CT molecular complexity index is 1600. The van der Waals surface area contributed by atoms with Gasteiger partial charge in [-0.1, -0.05) is 12.1 Å². The van der Waals surface area contributed by atoms with Gasteiger partial charge in [0.15, 0.2) is 0 Å². The van der Waals surface area contributed by atoms with Gasteiger partial charge in [0.2, 0.25) is 10.0 Å². The molecule has 34 heavy (non-hydrogen) atoms. The van der Waals surface area contributed by atoms with E-state index in [9.17, 15) is 17.6 Å². The molecule has 0 saturated carbocycles. The van der Waals surface area contributed by atoms with Crippen molar-refractivity contribution in [1.82, 2.24) is 14.1 Å². The van der Waals surface area contributed by atoms with Crippen LogP contribution in [-0.4, -0.2) is 28.8 Å². The highest BCUT2D eigenvalue weighted by Crippen LogP contribution is 2.36. The third-order valence-electron chi connectivity index (χ3n) is 6.35. The maximum absolute atomic E-state index is 13.4. The van der Waals surface area contributed by atoms with Gasteiger partial charge in [0.05, 0.1) is 17.5 Å². The van der Waals surface area contributed by atoms with E-state index in [0.717, 1.165) is 58.9 Å². The lowest BCUT2D eigenvalue weighted by Gasteiger charge is -2.15. The Morgan fingerprint density at radius 1 is 1.12 bits per heavy atom. The van der Waals surface area contributed by atoms with Crippen LogP contribution < -0.4 is 10.3 Å². The minimum Gasteiger partial charge on any atom is -0.324 e. The van der Waals surface area contributed by atoms with Gasteiger partial charge in [-0.2, -0.15) is 0 Å². The number of hydrogen-bond acceptors (Lipinski definition) is 4. The van der Waals surface area contributed by atoms with E-state index in [4.69, 9.17) is 0 Å². The summed E-state index contributed by atoms with van der Waals surface area (Å²) in [6.45, 7) is 2.31. The zero-order chi connectivity index (χ0) is 24.2. The minimum absolute atomic E-state index is 0.0176. The highest BCUT2D eigenvalue weighted by Gasteiger charge is 2.23. The molecule has 0 aliphatic heterocycles. The van der Waals surface area contributed by atoms with Gasteiger partial charge in [-0.25, -0.2) is 17.8 Å². The van der Waals surface area contributed by atoms with Gasteiger partial charge >= 0.3 is 0 Å². The van der Waals surface area contributed by atoms with Crippen molar-refractivity contribution >= 4 is 26.7 Å². The Labute approximate surface area is 196 Å². The van der Waals surface area contributed by atoms with Crippen molar-refractivity contribution in [3.63, 3.8) is 0 Å². The molecule has 7 nitrogen and oxygen atoms in total. The van der Waals surface area contributed by atoms with Crippen molar-refractivity contribution in [3.8, 4) is 11.1 Å². The Kier molecular flexibility index (Phi) is 5.31. The second kappa shape index (κ2) is 8.09. The molecular formula is C25H25FN4O3S. The van der Waals surface area contributed by atoms with Crippen molar-refractivity contribution in [2.24, 2.45) is 7.05 Å². The van der Waals surface area contributed by atoms with E-state index in [-0.39, 0.29) is 11.4 Å². The Morgan fingerprint density at radius 2 is 1.82 bits per heavy atom. The fourth-order valence-corrected chi connectivity index (χ4v) is 5.37. The number of imidazole rings is 1. The van der Waals surface area contributed by atoms with Crippen molar-refractivity contribution in [3.05, 3.63) is 81.3 Å². The maximum Gasteiger partial charge on any atom is 0.253 e. The zero-order valence-electron chi connectivity index (χ0n) is 19.2. The molecule has 2 heterocycles. The highest BCUT2D eigenvalue weighted by molar-refractivity contribution is 7.92. The van der Waals surface area contributed by atoms with Crippen molar-refractivity contribution in [2.75, 3.05) is 11.0 Å². The summed E-state index contributed by atoms with van der Waals surface area (Å²) < 4.78 is 43.9. The van der Waals surface area contributed by atoms with E-state index < -0.39 is 10.0 Å². The topological polar surface area (TPSA) is 86.0 Å². The number of benzene rings is 2. The highest BCUT2D eigenvalue weighted by atomic mass is 32.2. The molecule has 5 rings (SSSR count). The van der Waals surface area contributed by atoms with Crippen molar-refractivity contribution in [1.29, 1.82) is 0 Å². The van der Waals surface area contributed by atoms with E-state index in [0.29, 0.717) is 23.6 Å². The summed E-state index contributed by atoms with van der Waals surface area (Å²) in [6, 6.07) is 10.1. The van der Waals surface area contributed by atoms with Gasteiger partial charge < -0.3 is 9.13 Å². The Morgan fingerprint density at radius 3 is 2.53 bits per heavy atom. The second-order valence-corrected chi connectivity index (χ2v) is 10.7. The molecular weight excluding hydrogens is 455 g/mol. The monoisotopic (exact) mass is 480 g/mol. The molecule has 0 fully saturated rings. The molecule has 0 bridgehead atoms. The molecule has 1 aliphatic rings. The average Bonchev–Trinajstić information content (AvgIpc) is 3.37. The number of sulfonamides is 1. The lowest BCUT2D eigenvalue weighted by Crippen LogP contribution is -2.21. The SMILES string of the molecule is Cc1nc2c(NS(C)(=O)=O)cc(-c3cn(C)c(=O)c4c3CCC4)cc2n1Cc1ccc(F)cc1. The van der Waals surface area contributed by atoms with Gasteiger partial charge in [0.25, 0.3) is 5.56 Å². The summed E-state index contributed by atoms with van der Waals surface area (Å²) in [7, 11) is -1.82. The lowest BCUT2D eigenvalue weighted by molar-refractivity contribution is 0.607. The van der Waals surface area contributed by atoms with E-state index in [1.54, 1.807) is 29.8 Å². The molecule has 176 valence electrons. The van der Waals surface area contributed by atoms with E-state index in [1.165, 1.54) is 12.1 Å². The predicted molar refractivity (Wildman–Crippen MR) is 131 cm³/mol. The van der Waals surface area contributed by atoms with Gasteiger partial charge in [0.1, 0.15) is 17.2 Å². The molecule has 0 radical (unpaired) electrons. The third-order valence-corrected chi connectivity index (χ3v) is 6.94.